The van der Waals surface area contributed by atoms with Crippen LogP contribution in [0.2, 0.25) is 0 Å². The predicted octanol–water partition coefficient (Wildman–Crippen LogP) is 5.75. The van der Waals surface area contributed by atoms with Gasteiger partial charge in [-0.3, -0.25) is 10.1 Å². The summed E-state index contributed by atoms with van der Waals surface area (Å²) in [7, 11) is 0. The van der Waals surface area contributed by atoms with Gasteiger partial charge in [0.05, 0.1) is 6.04 Å². The third-order valence-electron chi connectivity index (χ3n) is 4.72. The highest BCUT2D eigenvalue weighted by Gasteiger charge is 2.18. The Bertz CT molecular complexity index is 1030. The molecule has 0 aliphatic carbocycles. The van der Waals surface area contributed by atoms with E-state index in [1.54, 1.807) is 12.1 Å². The van der Waals surface area contributed by atoms with Crippen LogP contribution in [0.25, 0.3) is 6.08 Å². The molecule has 0 radical (unpaired) electrons. The predicted molar refractivity (Wildman–Crippen MR) is 124 cm³/mol. The average molecular weight is 415 g/mol. The highest BCUT2D eigenvalue weighted by Crippen LogP contribution is 2.16. The Morgan fingerprint density at radius 2 is 1.61 bits per heavy atom. The van der Waals surface area contributed by atoms with Crippen molar-refractivity contribution in [1.29, 1.82) is 0 Å². The third kappa shape index (κ3) is 6.57. The van der Waals surface area contributed by atoms with Crippen molar-refractivity contribution in [2.45, 2.75) is 19.9 Å². The molecule has 0 unspecified atom stereocenters. The highest BCUT2D eigenvalue weighted by molar-refractivity contribution is 5.94. The van der Waals surface area contributed by atoms with Crippen LogP contribution in [-0.2, 0) is 4.74 Å². The Balaban J connectivity index is 1.66. The van der Waals surface area contributed by atoms with Crippen molar-refractivity contribution in [3.05, 3.63) is 107 Å². The number of rotatable bonds is 7. The van der Waals surface area contributed by atoms with Crippen molar-refractivity contribution in [2.75, 3.05) is 11.9 Å². The SMILES string of the molecule is C/C=C/c1ccc(C(=O)N[C@H](COC(=O)Nc2ccc(C)cc2)c2ccccc2)cc1. The molecule has 0 heterocycles. The molecule has 1 atom stereocenters. The number of aryl methyl sites for hydroxylation is 1. The molecule has 2 N–H and O–H groups in total. The van der Waals surface area contributed by atoms with Crippen LogP contribution in [-0.4, -0.2) is 18.6 Å². The number of anilines is 1. The Labute approximate surface area is 182 Å². The summed E-state index contributed by atoms with van der Waals surface area (Å²) in [6, 6.07) is 23.7. The molecule has 31 heavy (non-hydrogen) atoms. The molecule has 3 rings (SSSR count). The average Bonchev–Trinajstić information content (AvgIpc) is 2.79. The van der Waals surface area contributed by atoms with Crippen molar-refractivity contribution in [1.82, 2.24) is 5.32 Å². The second-order valence-corrected chi connectivity index (χ2v) is 7.15. The first kappa shape index (κ1) is 21.8. The van der Waals surface area contributed by atoms with Crippen molar-refractivity contribution in [2.24, 2.45) is 0 Å². The minimum atomic E-state index is -0.574. The fourth-order valence-corrected chi connectivity index (χ4v) is 3.04. The van der Waals surface area contributed by atoms with E-state index in [9.17, 15) is 9.59 Å². The van der Waals surface area contributed by atoms with Crippen LogP contribution in [0.15, 0.2) is 84.9 Å². The summed E-state index contributed by atoms with van der Waals surface area (Å²) in [4.78, 5) is 25.0. The van der Waals surface area contributed by atoms with E-state index >= 15 is 0 Å². The zero-order valence-electron chi connectivity index (χ0n) is 17.7. The number of ether oxygens (including phenoxy) is 1. The van der Waals surface area contributed by atoms with E-state index in [0.29, 0.717) is 11.3 Å². The van der Waals surface area contributed by atoms with E-state index < -0.39 is 12.1 Å². The Morgan fingerprint density at radius 1 is 0.935 bits per heavy atom. The summed E-state index contributed by atoms with van der Waals surface area (Å²) in [5.41, 5.74) is 4.17. The van der Waals surface area contributed by atoms with Gasteiger partial charge in [-0.1, -0.05) is 72.3 Å². The van der Waals surface area contributed by atoms with E-state index in [-0.39, 0.29) is 12.5 Å². The van der Waals surface area contributed by atoms with Gasteiger partial charge in [0.15, 0.2) is 0 Å². The van der Waals surface area contributed by atoms with Crippen LogP contribution < -0.4 is 10.6 Å². The maximum absolute atomic E-state index is 12.8. The molecular formula is C26H26N2O3. The largest absolute Gasteiger partial charge is 0.447 e. The van der Waals surface area contributed by atoms with Crippen molar-refractivity contribution in [3.63, 3.8) is 0 Å². The van der Waals surface area contributed by atoms with Gasteiger partial charge in [0, 0.05) is 11.3 Å². The van der Waals surface area contributed by atoms with Crippen LogP contribution in [0.5, 0.6) is 0 Å². The maximum atomic E-state index is 12.8. The van der Waals surface area contributed by atoms with Crippen LogP contribution >= 0.6 is 0 Å². The topological polar surface area (TPSA) is 67.4 Å². The first-order valence-electron chi connectivity index (χ1n) is 10.1. The lowest BCUT2D eigenvalue weighted by Crippen LogP contribution is -2.32. The Hall–Kier alpha value is -3.86. The molecule has 5 heteroatoms. The molecule has 0 saturated carbocycles. The molecule has 0 spiro atoms. The summed E-state index contributed by atoms with van der Waals surface area (Å²) in [5.74, 6) is -0.233. The fraction of sp³-hybridized carbons (Fsp3) is 0.154. The number of nitrogens with one attached hydrogen (secondary N) is 2. The molecule has 3 aromatic carbocycles. The van der Waals surface area contributed by atoms with Gasteiger partial charge >= 0.3 is 6.09 Å². The Kier molecular flexibility index (Phi) is 7.60. The second-order valence-electron chi connectivity index (χ2n) is 7.15. The van der Waals surface area contributed by atoms with Gasteiger partial charge in [-0.25, -0.2) is 4.79 Å². The van der Waals surface area contributed by atoms with Crippen LogP contribution in [0.1, 0.15) is 40.0 Å². The maximum Gasteiger partial charge on any atom is 0.411 e. The van der Waals surface area contributed by atoms with E-state index in [0.717, 1.165) is 16.7 Å². The van der Waals surface area contributed by atoms with E-state index in [1.807, 2.05) is 92.7 Å². The van der Waals surface area contributed by atoms with E-state index in [1.165, 1.54) is 0 Å². The second kappa shape index (κ2) is 10.8. The van der Waals surface area contributed by atoms with Gasteiger partial charge in [-0.15, -0.1) is 0 Å². The molecule has 0 aromatic heterocycles. The quantitative estimate of drug-likeness (QED) is 0.517. The third-order valence-corrected chi connectivity index (χ3v) is 4.72. The summed E-state index contributed by atoms with van der Waals surface area (Å²) in [5, 5.41) is 5.66. The molecule has 3 aromatic rings. The van der Waals surface area contributed by atoms with Gasteiger partial charge in [0.2, 0.25) is 0 Å². The van der Waals surface area contributed by atoms with Crippen molar-refractivity contribution < 1.29 is 14.3 Å². The van der Waals surface area contributed by atoms with Gasteiger partial charge in [0.1, 0.15) is 6.61 Å². The van der Waals surface area contributed by atoms with Crippen LogP contribution in [0.4, 0.5) is 10.5 Å². The number of benzene rings is 3. The number of hydrogen-bond acceptors (Lipinski definition) is 3. The standard InChI is InChI=1S/C26H26N2O3/c1-3-7-20-12-14-22(15-13-20)25(29)28-24(21-8-5-4-6-9-21)18-31-26(30)27-23-16-10-19(2)11-17-23/h3-17,24H,18H2,1-2H3,(H,27,30)(H,28,29)/b7-3+/t24-/m1/s1. The summed E-state index contributed by atoms with van der Waals surface area (Å²) >= 11 is 0. The lowest BCUT2D eigenvalue weighted by atomic mass is 10.1. The molecule has 158 valence electrons. The molecule has 2 amide bonds. The fourth-order valence-electron chi connectivity index (χ4n) is 3.04. The zero-order chi connectivity index (χ0) is 22.1. The number of carbonyl (C=O) groups excluding carboxylic acids is 2. The minimum Gasteiger partial charge on any atom is -0.447 e. The van der Waals surface area contributed by atoms with E-state index in [4.69, 9.17) is 4.74 Å². The molecule has 0 aliphatic heterocycles. The van der Waals surface area contributed by atoms with Crippen LogP contribution in [0.3, 0.4) is 0 Å². The van der Waals surface area contributed by atoms with E-state index in [2.05, 4.69) is 10.6 Å². The van der Waals surface area contributed by atoms with Crippen molar-refractivity contribution in [3.8, 4) is 0 Å². The van der Waals surface area contributed by atoms with Crippen molar-refractivity contribution >= 4 is 23.8 Å². The van der Waals surface area contributed by atoms with Gasteiger partial charge < -0.3 is 10.1 Å². The monoisotopic (exact) mass is 414 g/mol. The number of amides is 2. The molecule has 5 nitrogen and oxygen atoms in total. The van der Waals surface area contributed by atoms with Gasteiger partial charge in [-0.05, 0) is 49.2 Å². The lowest BCUT2D eigenvalue weighted by molar-refractivity contribution is 0.0901. The number of allylic oxidation sites excluding steroid dienone is 1. The lowest BCUT2D eigenvalue weighted by Gasteiger charge is -2.19. The zero-order valence-corrected chi connectivity index (χ0v) is 17.7. The Morgan fingerprint density at radius 3 is 2.26 bits per heavy atom. The minimum absolute atomic E-state index is 0.00407. The first-order chi connectivity index (χ1) is 15.0. The molecule has 0 bridgehead atoms. The first-order valence-corrected chi connectivity index (χ1v) is 10.1. The summed E-state index contributed by atoms with van der Waals surface area (Å²) in [6.07, 6.45) is 3.34. The molecular weight excluding hydrogens is 388 g/mol. The van der Waals surface area contributed by atoms with Crippen LogP contribution in [0, 0.1) is 6.92 Å². The summed E-state index contributed by atoms with van der Waals surface area (Å²) in [6.45, 7) is 3.92. The highest BCUT2D eigenvalue weighted by atomic mass is 16.5. The number of carbonyl (C=O) groups is 2. The molecule has 0 fully saturated rings. The normalized spacial score (nSPS) is 11.7. The van der Waals surface area contributed by atoms with Gasteiger partial charge in [0.25, 0.3) is 5.91 Å². The number of hydrogen-bond donors (Lipinski definition) is 2. The van der Waals surface area contributed by atoms with Gasteiger partial charge in [-0.2, -0.15) is 0 Å². The summed E-state index contributed by atoms with van der Waals surface area (Å²) < 4.78 is 5.41. The smallest absolute Gasteiger partial charge is 0.411 e. The molecule has 0 saturated heterocycles. The molecule has 0 aliphatic rings.